The summed E-state index contributed by atoms with van der Waals surface area (Å²) in [5.74, 6) is 3.66. The molecule has 0 saturated carbocycles. The summed E-state index contributed by atoms with van der Waals surface area (Å²) in [4.78, 5) is 16.9. The lowest BCUT2D eigenvalue weighted by atomic mass is 10.0. The molecule has 0 N–H and O–H groups in total. The molecule has 116 valence electrons. The maximum absolute atomic E-state index is 11.1. The average molecular weight is 315 g/mol. The Kier molecular flexibility index (Phi) is 4.98. The third-order valence-corrected chi connectivity index (χ3v) is 4.29. The fourth-order valence-corrected chi connectivity index (χ4v) is 2.78. The molecule has 1 fully saturated rings. The second-order valence-corrected chi connectivity index (χ2v) is 11.2. The van der Waals surface area contributed by atoms with Crippen LogP contribution in [0.1, 0.15) is 12.8 Å². The molecule has 6 heteroatoms. The molecule has 1 aromatic rings. The zero-order valence-electron chi connectivity index (χ0n) is 13.3. The number of aromatic nitrogens is 1. The number of anilines is 1. The van der Waals surface area contributed by atoms with Crippen LogP contribution in [0.2, 0.25) is 19.6 Å². The fraction of sp³-hybridized carbons (Fsp3) is 0.438. The summed E-state index contributed by atoms with van der Waals surface area (Å²) in [5.41, 5.74) is 4.73. The molecular formula is C16H21N3O2Si. The van der Waals surface area contributed by atoms with E-state index in [0.29, 0.717) is 5.82 Å². The minimum Gasteiger partial charge on any atom is -0.350 e. The summed E-state index contributed by atoms with van der Waals surface area (Å²) in [6.45, 7) is 8.17. The van der Waals surface area contributed by atoms with Crippen LogP contribution < -0.4 is 4.90 Å². The predicted molar refractivity (Wildman–Crippen MR) is 91.5 cm³/mol. The first-order valence-corrected chi connectivity index (χ1v) is 10.9. The summed E-state index contributed by atoms with van der Waals surface area (Å²) in [6, 6.07) is 3.11. The molecule has 1 saturated heterocycles. The van der Waals surface area contributed by atoms with Gasteiger partial charge in [-0.2, -0.15) is 0 Å². The Hall–Kier alpha value is -2.13. The molecule has 0 radical (unpaired) electrons. The maximum Gasteiger partial charge on any atom is 0.311 e. The van der Waals surface area contributed by atoms with Crippen molar-refractivity contribution in [2.75, 3.05) is 18.0 Å². The van der Waals surface area contributed by atoms with Crippen LogP contribution in [0.5, 0.6) is 0 Å². The third kappa shape index (κ3) is 4.43. The van der Waals surface area contributed by atoms with Crippen molar-refractivity contribution in [3.63, 3.8) is 0 Å². The van der Waals surface area contributed by atoms with Gasteiger partial charge in [0.1, 0.15) is 8.07 Å². The second-order valence-electron chi connectivity index (χ2n) is 6.41. The van der Waals surface area contributed by atoms with E-state index in [0.717, 1.165) is 25.9 Å². The molecular weight excluding hydrogens is 294 g/mol. The van der Waals surface area contributed by atoms with E-state index in [4.69, 9.17) is 0 Å². The van der Waals surface area contributed by atoms with E-state index in [2.05, 4.69) is 36.1 Å². The number of nitrogens with zero attached hydrogens (tertiary/aromatic N) is 3. The molecule has 1 aliphatic rings. The quantitative estimate of drug-likeness (QED) is 0.363. The van der Waals surface area contributed by atoms with Gasteiger partial charge in [0.2, 0.25) is 5.82 Å². The predicted octanol–water partition coefficient (Wildman–Crippen LogP) is 3.40. The van der Waals surface area contributed by atoms with Crippen molar-refractivity contribution in [1.29, 1.82) is 0 Å². The average Bonchev–Trinajstić information content (AvgIpc) is 2.46. The van der Waals surface area contributed by atoms with E-state index in [9.17, 15) is 10.1 Å². The van der Waals surface area contributed by atoms with Crippen molar-refractivity contribution < 1.29 is 4.92 Å². The highest BCUT2D eigenvalue weighted by molar-refractivity contribution is 6.83. The van der Waals surface area contributed by atoms with Crippen LogP contribution >= 0.6 is 0 Å². The molecule has 5 nitrogen and oxygen atoms in total. The molecule has 0 atom stereocenters. The van der Waals surface area contributed by atoms with Gasteiger partial charge in [-0.25, -0.2) is 4.98 Å². The van der Waals surface area contributed by atoms with Crippen molar-refractivity contribution in [3.05, 3.63) is 40.1 Å². The molecule has 0 aromatic carbocycles. The van der Waals surface area contributed by atoms with Crippen molar-refractivity contribution >= 4 is 19.6 Å². The highest BCUT2D eigenvalue weighted by Gasteiger charge is 2.23. The lowest BCUT2D eigenvalue weighted by molar-refractivity contribution is -0.384. The fourth-order valence-electron chi connectivity index (χ4n) is 2.28. The molecule has 1 aromatic heterocycles. The molecule has 2 rings (SSSR count). The summed E-state index contributed by atoms with van der Waals surface area (Å²) < 4.78 is 0. The van der Waals surface area contributed by atoms with Gasteiger partial charge >= 0.3 is 5.69 Å². The van der Waals surface area contributed by atoms with Crippen LogP contribution in [0.15, 0.2) is 30.0 Å². The minimum atomic E-state index is -1.33. The van der Waals surface area contributed by atoms with Crippen LogP contribution in [0, 0.1) is 21.6 Å². The lowest BCUT2D eigenvalue weighted by Gasteiger charge is -2.28. The molecule has 1 aliphatic heterocycles. The molecule has 0 amide bonds. The van der Waals surface area contributed by atoms with E-state index < -0.39 is 8.07 Å². The smallest absolute Gasteiger partial charge is 0.311 e. The van der Waals surface area contributed by atoms with Gasteiger partial charge in [-0.05, 0) is 25.0 Å². The largest absolute Gasteiger partial charge is 0.350 e. The van der Waals surface area contributed by atoms with Crippen molar-refractivity contribution in [3.8, 4) is 11.5 Å². The number of pyridine rings is 1. The Morgan fingerprint density at radius 1 is 1.36 bits per heavy atom. The van der Waals surface area contributed by atoms with Crippen LogP contribution in [-0.2, 0) is 0 Å². The second kappa shape index (κ2) is 6.75. The van der Waals surface area contributed by atoms with Gasteiger partial charge in [0, 0.05) is 25.4 Å². The summed E-state index contributed by atoms with van der Waals surface area (Å²) in [7, 11) is -1.33. The monoisotopic (exact) mass is 315 g/mol. The Morgan fingerprint density at radius 3 is 2.64 bits per heavy atom. The Bertz CT molecular complexity index is 643. The maximum atomic E-state index is 11.1. The topological polar surface area (TPSA) is 59.3 Å². The first-order valence-electron chi connectivity index (χ1n) is 7.42. The Balaban J connectivity index is 2.05. The van der Waals surface area contributed by atoms with Gasteiger partial charge in [0.05, 0.1) is 4.92 Å². The van der Waals surface area contributed by atoms with Crippen LogP contribution in [0.3, 0.4) is 0 Å². The summed E-state index contributed by atoms with van der Waals surface area (Å²) in [5, 5.41) is 11.1. The van der Waals surface area contributed by atoms with Crippen LogP contribution in [-0.4, -0.2) is 31.1 Å². The lowest BCUT2D eigenvalue weighted by Crippen LogP contribution is -2.31. The highest BCUT2D eigenvalue weighted by Crippen LogP contribution is 2.28. The van der Waals surface area contributed by atoms with Crippen LogP contribution in [0.4, 0.5) is 11.5 Å². The Labute approximate surface area is 132 Å². The summed E-state index contributed by atoms with van der Waals surface area (Å²) in [6.07, 6.45) is 5.40. The van der Waals surface area contributed by atoms with Gasteiger partial charge in [-0.15, -0.1) is 5.54 Å². The van der Waals surface area contributed by atoms with E-state index in [1.54, 1.807) is 12.3 Å². The molecule has 0 bridgehead atoms. The van der Waals surface area contributed by atoms with E-state index in [-0.39, 0.29) is 10.6 Å². The standard InChI is InChI=1S/C16H21N3O2Si/c1-22(2,3)13-5-6-14-8-11-18(12-9-14)16-15(19(20)21)7-4-10-17-16/h4,6-7,10H,8-9,11-12H2,1-3H3. The van der Waals surface area contributed by atoms with Gasteiger partial charge in [-0.1, -0.05) is 31.1 Å². The number of piperidine rings is 1. The van der Waals surface area contributed by atoms with E-state index in [1.165, 1.54) is 11.6 Å². The highest BCUT2D eigenvalue weighted by atomic mass is 28.3. The normalized spacial score (nSPS) is 15.0. The van der Waals surface area contributed by atoms with E-state index >= 15 is 0 Å². The van der Waals surface area contributed by atoms with Crippen LogP contribution in [0.25, 0.3) is 0 Å². The zero-order valence-corrected chi connectivity index (χ0v) is 14.3. The molecule has 2 heterocycles. The number of nitro groups is 1. The zero-order chi connectivity index (χ0) is 16.2. The van der Waals surface area contributed by atoms with Gasteiger partial charge in [0.15, 0.2) is 0 Å². The molecule has 0 unspecified atom stereocenters. The molecule has 0 spiro atoms. The van der Waals surface area contributed by atoms with Crippen molar-refractivity contribution in [1.82, 2.24) is 4.98 Å². The van der Waals surface area contributed by atoms with Gasteiger partial charge < -0.3 is 4.90 Å². The SMILES string of the molecule is C[Si](C)(C)C#CC=C1CCN(c2ncccc2[N+](=O)[O-])CC1. The number of allylic oxidation sites excluding steroid dienone is 1. The third-order valence-electron chi connectivity index (χ3n) is 3.39. The molecule has 22 heavy (non-hydrogen) atoms. The first-order chi connectivity index (χ1) is 10.4. The van der Waals surface area contributed by atoms with Gasteiger partial charge in [-0.3, -0.25) is 10.1 Å². The number of hydrogen-bond acceptors (Lipinski definition) is 4. The summed E-state index contributed by atoms with van der Waals surface area (Å²) >= 11 is 0. The number of rotatable bonds is 2. The minimum absolute atomic E-state index is 0.0773. The van der Waals surface area contributed by atoms with Crippen molar-refractivity contribution in [2.45, 2.75) is 32.5 Å². The van der Waals surface area contributed by atoms with E-state index in [1.807, 2.05) is 11.0 Å². The van der Waals surface area contributed by atoms with Gasteiger partial charge in [0.25, 0.3) is 0 Å². The number of hydrogen-bond donors (Lipinski definition) is 0. The molecule has 0 aliphatic carbocycles. The first kappa shape index (κ1) is 16.2. The van der Waals surface area contributed by atoms with Crippen molar-refractivity contribution in [2.24, 2.45) is 0 Å². The Morgan fingerprint density at radius 2 is 2.05 bits per heavy atom.